The fourth-order valence-corrected chi connectivity index (χ4v) is 2.02. The first-order valence-electron chi connectivity index (χ1n) is 6.51. The van der Waals surface area contributed by atoms with Crippen LogP contribution in [0.1, 0.15) is 20.3 Å². The van der Waals surface area contributed by atoms with Crippen molar-refractivity contribution in [3.8, 4) is 6.07 Å². The second kappa shape index (κ2) is 6.17. The molecule has 1 rings (SSSR count). The molecule has 0 saturated carbocycles. The molecule has 2 atom stereocenters. The van der Waals surface area contributed by atoms with Gasteiger partial charge in [-0.1, -0.05) is 6.92 Å². The van der Waals surface area contributed by atoms with Crippen molar-refractivity contribution in [1.29, 1.82) is 5.26 Å². The van der Waals surface area contributed by atoms with Crippen molar-refractivity contribution in [1.82, 2.24) is 15.1 Å². The maximum Gasteiger partial charge on any atom is 0.240 e. The van der Waals surface area contributed by atoms with Crippen molar-refractivity contribution in [3.05, 3.63) is 0 Å². The molecule has 0 aromatic rings. The maximum atomic E-state index is 12.0. The number of nitrogens with one attached hydrogen (secondary N) is 1. The quantitative estimate of drug-likeness (QED) is 0.781. The average Bonchev–Trinajstić information content (AvgIpc) is 2.38. The van der Waals surface area contributed by atoms with E-state index in [1.807, 2.05) is 6.92 Å². The molecule has 1 saturated heterocycles. The Morgan fingerprint density at radius 3 is 2.72 bits per heavy atom. The molecule has 0 aliphatic carbocycles. The van der Waals surface area contributed by atoms with Gasteiger partial charge in [0.2, 0.25) is 5.91 Å². The van der Waals surface area contributed by atoms with E-state index in [1.165, 1.54) is 0 Å². The maximum absolute atomic E-state index is 12.0. The Morgan fingerprint density at radius 1 is 1.50 bits per heavy atom. The molecule has 0 aromatic heterocycles. The zero-order valence-electron chi connectivity index (χ0n) is 11.9. The molecule has 5 heteroatoms. The van der Waals surface area contributed by atoms with Crippen LogP contribution in [0.5, 0.6) is 0 Å². The van der Waals surface area contributed by atoms with E-state index in [1.54, 1.807) is 6.92 Å². The predicted molar refractivity (Wildman–Crippen MR) is 70.9 cm³/mol. The van der Waals surface area contributed by atoms with Gasteiger partial charge in [0, 0.05) is 32.2 Å². The normalized spacial score (nSPS) is 25.2. The van der Waals surface area contributed by atoms with Crippen LogP contribution in [0.25, 0.3) is 0 Å². The third-order valence-corrected chi connectivity index (χ3v) is 3.93. The molecule has 5 nitrogen and oxygen atoms in total. The highest BCUT2D eigenvalue weighted by Crippen LogP contribution is 2.19. The highest BCUT2D eigenvalue weighted by molar-refractivity contribution is 5.84. The third kappa shape index (κ3) is 3.44. The van der Waals surface area contributed by atoms with Gasteiger partial charge in [-0.3, -0.25) is 9.69 Å². The summed E-state index contributed by atoms with van der Waals surface area (Å²) in [5.74, 6) is -0.158. The minimum Gasteiger partial charge on any atom is -0.353 e. The number of carbonyl (C=O) groups is 1. The summed E-state index contributed by atoms with van der Waals surface area (Å²) in [4.78, 5) is 16.5. The highest BCUT2D eigenvalue weighted by Gasteiger charge is 2.32. The van der Waals surface area contributed by atoms with Gasteiger partial charge in [0.25, 0.3) is 0 Å². The number of nitrogens with zero attached hydrogens (tertiary/aromatic N) is 3. The van der Waals surface area contributed by atoms with Gasteiger partial charge >= 0.3 is 0 Å². The Balaban J connectivity index is 2.50. The van der Waals surface area contributed by atoms with Crippen LogP contribution in [-0.4, -0.2) is 62.0 Å². The van der Waals surface area contributed by atoms with E-state index in [4.69, 9.17) is 5.26 Å². The molecule has 0 bridgehead atoms. The summed E-state index contributed by atoms with van der Waals surface area (Å²) in [5, 5.41) is 12.0. The Bertz CT molecular complexity index is 338. The van der Waals surface area contributed by atoms with E-state index in [0.717, 1.165) is 19.6 Å². The lowest BCUT2D eigenvalue weighted by molar-refractivity contribution is -0.127. The van der Waals surface area contributed by atoms with E-state index in [9.17, 15) is 4.79 Å². The van der Waals surface area contributed by atoms with Crippen molar-refractivity contribution in [2.45, 2.75) is 26.3 Å². The third-order valence-electron chi connectivity index (χ3n) is 3.93. The molecule has 1 heterocycles. The summed E-state index contributed by atoms with van der Waals surface area (Å²) in [5.41, 5.74) is -0.904. The molecule has 2 unspecified atom stereocenters. The summed E-state index contributed by atoms with van der Waals surface area (Å²) in [6.07, 6.45) is 0.537. The number of amides is 1. The van der Waals surface area contributed by atoms with Gasteiger partial charge in [0.1, 0.15) is 5.41 Å². The fraction of sp³-hybridized carbons (Fsp3) is 0.846. The van der Waals surface area contributed by atoms with Crippen LogP contribution in [-0.2, 0) is 4.79 Å². The first kappa shape index (κ1) is 14.9. The largest absolute Gasteiger partial charge is 0.353 e. The van der Waals surface area contributed by atoms with E-state index in [-0.39, 0.29) is 5.91 Å². The topological polar surface area (TPSA) is 59.4 Å². The van der Waals surface area contributed by atoms with Crippen molar-refractivity contribution < 1.29 is 4.79 Å². The number of carbonyl (C=O) groups excluding carboxylic acids is 1. The minimum atomic E-state index is -0.904. The molecule has 18 heavy (non-hydrogen) atoms. The van der Waals surface area contributed by atoms with Gasteiger partial charge in [0.15, 0.2) is 0 Å². The number of piperazine rings is 1. The molecule has 1 amide bonds. The van der Waals surface area contributed by atoms with E-state index < -0.39 is 5.41 Å². The van der Waals surface area contributed by atoms with Crippen molar-refractivity contribution >= 4 is 5.91 Å². The second-order valence-electron chi connectivity index (χ2n) is 5.40. The molecule has 1 fully saturated rings. The van der Waals surface area contributed by atoms with Gasteiger partial charge in [-0.2, -0.15) is 5.26 Å². The molecular formula is C13H24N4O. The van der Waals surface area contributed by atoms with Crippen molar-refractivity contribution in [3.63, 3.8) is 0 Å². The number of rotatable bonds is 4. The van der Waals surface area contributed by atoms with E-state index >= 15 is 0 Å². The van der Waals surface area contributed by atoms with E-state index in [2.05, 4.69) is 35.3 Å². The number of hydrogen-bond acceptors (Lipinski definition) is 4. The van der Waals surface area contributed by atoms with Crippen LogP contribution in [0, 0.1) is 16.7 Å². The monoisotopic (exact) mass is 252 g/mol. The molecule has 1 aliphatic rings. The lowest BCUT2D eigenvalue weighted by atomic mass is 9.88. The summed E-state index contributed by atoms with van der Waals surface area (Å²) >= 11 is 0. The molecular weight excluding hydrogens is 228 g/mol. The van der Waals surface area contributed by atoms with Crippen LogP contribution >= 0.6 is 0 Å². The zero-order chi connectivity index (χ0) is 13.8. The molecule has 1 aliphatic heterocycles. The van der Waals surface area contributed by atoms with Gasteiger partial charge in [0.05, 0.1) is 6.07 Å². The van der Waals surface area contributed by atoms with Gasteiger partial charge in [-0.15, -0.1) is 0 Å². The Hall–Kier alpha value is -1.12. The fourth-order valence-electron chi connectivity index (χ4n) is 2.02. The van der Waals surface area contributed by atoms with Gasteiger partial charge in [-0.25, -0.2) is 0 Å². The zero-order valence-corrected chi connectivity index (χ0v) is 11.9. The lowest BCUT2D eigenvalue weighted by Gasteiger charge is -2.38. The average molecular weight is 252 g/mol. The van der Waals surface area contributed by atoms with Gasteiger partial charge in [-0.05, 0) is 27.4 Å². The molecule has 0 spiro atoms. The number of nitriles is 1. The Morgan fingerprint density at radius 2 is 2.17 bits per heavy atom. The number of hydrogen-bond donors (Lipinski definition) is 1. The summed E-state index contributed by atoms with van der Waals surface area (Å²) in [6.45, 7) is 7.19. The molecule has 0 aromatic carbocycles. The van der Waals surface area contributed by atoms with Crippen molar-refractivity contribution in [2.24, 2.45) is 5.41 Å². The summed E-state index contributed by atoms with van der Waals surface area (Å²) in [6, 6.07) is 2.43. The Labute approximate surface area is 110 Å². The number of likely N-dealkylation sites (N-methyl/N-ethyl adjacent to an activating group) is 2. The Kier molecular flexibility index (Phi) is 5.12. The molecule has 0 radical (unpaired) electrons. The van der Waals surface area contributed by atoms with Gasteiger partial charge < -0.3 is 10.2 Å². The van der Waals surface area contributed by atoms with Crippen LogP contribution in [0.3, 0.4) is 0 Å². The van der Waals surface area contributed by atoms with E-state index in [0.29, 0.717) is 19.0 Å². The van der Waals surface area contributed by atoms with Crippen molar-refractivity contribution in [2.75, 3.05) is 40.3 Å². The molecule has 1 N–H and O–H groups in total. The van der Waals surface area contributed by atoms with Crippen LogP contribution in [0.15, 0.2) is 0 Å². The summed E-state index contributed by atoms with van der Waals surface area (Å²) in [7, 11) is 4.17. The van der Waals surface area contributed by atoms with Crippen LogP contribution in [0.2, 0.25) is 0 Å². The predicted octanol–water partition coefficient (Wildman–Crippen LogP) is 0.288. The van der Waals surface area contributed by atoms with Crippen LogP contribution in [0.4, 0.5) is 0 Å². The SMILES string of the molecule is CCC(C)(C#N)C(=O)NCC1CN(C)CCN1C. The molecule has 102 valence electrons. The minimum absolute atomic E-state index is 0.158. The first-order valence-corrected chi connectivity index (χ1v) is 6.51. The summed E-state index contributed by atoms with van der Waals surface area (Å²) < 4.78 is 0. The lowest BCUT2D eigenvalue weighted by Crippen LogP contribution is -2.55. The standard InChI is InChI=1S/C13H24N4O/c1-5-13(2,10-14)12(18)15-8-11-9-16(3)6-7-17(11)4/h11H,5-9H2,1-4H3,(H,15,18). The highest BCUT2D eigenvalue weighted by atomic mass is 16.2. The smallest absolute Gasteiger partial charge is 0.240 e. The van der Waals surface area contributed by atoms with Crippen LogP contribution < -0.4 is 5.32 Å². The first-order chi connectivity index (χ1) is 8.42. The second-order valence-corrected chi connectivity index (χ2v) is 5.40.